The highest BCUT2D eigenvalue weighted by molar-refractivity contribution is 6.35. The molecule has 0 saturated carbocycles. The summed E-state index contributed by atoms with van der Waals surface area (Å²) in [5, 5.41) is 0.923. The first-order chi connectivity index (χ1) is 9.80. The molecule has 0 radical (unpaired) electrons. The van der Waals surface area contributed by atoms with Crippen LogP contribution in [0.1, 0.15) is 24.2 Å². The average molecular weight is 330 g/mol. The molecule has 114 valence electrons. The van der Waals surface area contributed by atoms with Gasteiger partial charge in [-0.3, -0.25) is 4.79 Å². The van der Waals surface area contributed by atoms with Gasteiger partial charge in [-0.1, -0.05) is 23.2 Å². The summed E-state index contributed by atoms with van der Waals surface area (Å²) in [6.07, 6.45) is 0. The molecule has 1 aromatic carbocycles. The second-order valence-electron chi connectivity index (χ2n) is 6.26. The molecule has 21 heavy (non-hydrogen) atoms. The lowest BCUT2D eigenvalue weighted by Gasteiger charge is -2.54. The van der Waals surface area contributed by atoms with Crippen LogP contribution in [-0.2, 0) is 9.47 Å². The molecule has 1 spiro atoms. The zero-order valence-electron chi connectivity index (χ0n) is 12.0. The Hall–Kier alpha value is -0.810. The summed E-state index contributed by atoms with van der Waals surface area (Å²) in [5.74, 6) is -0.635. The zero-order chi connectivity index (χ0) is 15.3. The fourth-order valence-corrected chi connectivity index (χ4v) is 3.03. The molecule has 0 aliphatic carbocycles. The van der Waals surface area contributed by atoms with E-state index in [4.69, 9.17) is 32.7 Å². The number of carbonyl (C=O) groups excluding carboxylic acids is 1. The Labute approximate surface area is 133 Å². The van der Waals surface area contributed by atoms with Gasteiger partial charge < -0.3 is 14.4 Å². The molecular weight excluding hydrogens is 313 g/mol. The number of benzene rings is 1. The first kappa shape index (κ1) is 15.1. The highest BCUT2D eigenvalue weighted by Crippen LogP contribution is 2.38. The summed E-state index contributed by atoms with van der Waals surface area (Å²) >= 11 is 12.0. The van der Waals surface area contributed by atoms with E-state index in [0.717, 1.165) is 0 Å². The maximum Gasteiger partial charge on any atom is 0.255 e. The summed E-state index contributed by atoms with van der Waals surface area (Å²) in [6.45, 7) is 6.23. The first-order valence-electron chi connectivity index (χ1n) is 6.83. The van der Waals surface area contributed by atoms with Crippen LogP contribution in [0.2, 0.25) is 10.0 Å². The van der Waals surface area contributed by atoms with Crippen LogP contribution >= 0.6 is 23.2 Å². The van der Waals surface area contributed by atoms with Gasteiger partial charge in [0.15, 0.2) is 5.79 Å². The SMILES string of the molecule is CC1(C)OCC2(CO1)CN(C(=O)c1cc(Cl)ccc1Cl)C2. The lowest BCUT2D eigenvalue weighted by atomic mass is 9.80. The Morgan fingerprint density at radius 1 is 1.19 bits per heavy atom. The van der Waals surface area contributed by atoms with Crippen LogP contribution in [0.5, 0.6) is 0 Å². The number of hydrogen-bond donors (Lipinski definition) is 0. The van der Waals surface area contributed by atoms with Gasteiger partial charge >= 0.3 is 0 Å². The molecule has 2 aliphatic heterocycles. The van der Waals surface area contributed by atoms with Crippen molar-refractivity contribution >= 4 is 29.1 Å². The van der Waals surface area contributed by atoms with Crippen LogP contribution in [0.15, 0.2) is 18.2 Å². The molecule has 0 N–H and O–H groups in total. The predicted molar refractivity (Wildman–Crippen MR) is 80.8 cm³/mol. The number of hydrogen-bond acceptors (Lipinski definition) is 3. The summed E-state index contributed by atoms with van der Waals surface area (Å²) in [6, 6.07) is 4.92. The van der Waals surface area contributed by atoms with Crippen LogP contribution in [0.3, 0.4) is 0 Å². The molecule has 0 unspecified atom stereocenters. The number of amides is 1. The molecule has 2 saturated heterocycles. The van der Waals surface area contributed by atoms with Crippen molar-refractivity contribution in [3.8, 4) is 0 Å². The van der Waals surface area contributed by atoms with Crippen molar-refractivity contribution in [1.29, 1.82) is 0 Å². The van der Waals surface area contributed by atoms with Crippen LogP contribution in [-0.4, -0.2) is 42.9 Å². The number of rotatable bonds is 1. The van der Waals surface area contributed by atoms with Crippen molar-refractivity contribution in [3.63, 3.8) is 0 Å². The minimum Gasteiger partial charge on any atom is -0.350 e. The number of nitrogens with zero attached hydrogens (tertiary/aromatic N) is 1. The maximum atomic E-state index is 12.5. The standard InChI is InChI=1S/C15H17Cl2NO3/c1-14(2)20-8-15(9-21-14)6-18(7-15)13(19)11-5-10(16)3-4-12(11)17/h3-5H,6-9H2,1-2H3. The summed E-state index contributed by atoms with van der Waals surface area (Å²) in [5.41, 5.74) is 0.355. The molecule has 1 aromatic rings. The highest BCUT2D eigenvalue weighted by Gasteiger charge is 2.50. The van der Waals surface area contributed by atoms with Crippen molar-refractivity contribution < 1.29 is 14.3 Å². The van der Waals surface area contributed by atoms with Gasteiger partial charge in [0, 0.05) is 18.1 Å². The average Bonchev–Trinajstić information content (AvgIpc) is 2.39. The minimum atomic E-state index is -0.536. The van der Waals surface area contributed by atoms with Crippen LogP contribution in [0.4, 0.5) is 0 Å². The Morgan fingerprint density at radius 2 is 1.81 bits per heavy atom. The molecule has 1 amide bonds. The molecule has 2 aliphatic rings. The van der Waals surface area contributed by atoms with E-state index < -0.39 is 5.79 Å². The monoisotopic (exact) mass is 329 g/mol. The Bertz CT molecular complexity index is 570. The summed E-state index contributed by atoms with van der Waals surface area (Å²) in [7, 11) is 0. The van der Waals surface area contributed by atoms with Gasteiger partial charge in [-0.15, -0.1) is 0 Å². The van der Waals surface area contributed by atoms with Gasteiger partial charge in [-0.25, -0.2) is 0 Å². The van der Waals surface area contributed by atoms with E-state index in [0.29, 0.717) is 41.9 Å². The van der Waals surface area contributed by atoms with Crippen LogP contribution in [0.25, 0.3) is 0 Å². The molecule has 0 bridgehead atoms. The third-order valence-corrected chi connectivity index (χ3v) is 4.52. The van der Waals surface area contributed by atoms with Crippen LogP contribution < -0.4 is 0 Å². The number of carbonyl (C=O) groups is 1. The van der Waals surface area contributed by atoms with E-state index in [9.17, 15) is 4.79 Å². The maximum absolute atomic E-state index is 12.5. The molecular formula is C15H17Cl2NO3. The van der Waals surface area contributed by atoms with Gasteiger partial charge in [-0.2, -0.15) is 0 Å². The van der Waals surface area contributed by atoms with E-state index in [1.807, 2.05) is 13.8 Å². The van der Waals surface area contributed by atoms with Gasteiger partial charge in [0.05, 0.1) is 29.2 Å². The smallest absolute Gasteiger partial charge is 0.255 e. The normalized spacial score (nSPS) is 23.0. The lowest BCUT2D eigenvalue weighted by molar-refractivity contribution is -0.301. The minimum absolute atomic E-state index is 0.0871. The molecule has 0 atom stereocenters. The Balaban J connectivity index is 1.66. The van der Waals surface area contributed by atoms with Crippen molar-refractivity contribution in [2.75, 3.05) is 26.3 Å². The van der Waals surface area contributed by atoms with E-state index in [1.165, 1.54) is 0 Å². The topological polar surface area (TPSA) is 38.8 Å². The van der Waals surface area contributed by atoms with Gasteiger partial charge in [-0.05, 0) is 32.0 Å². The molecule has 0 aromatic heterocycles. The molecule has 2 heterocycles. The van der Waals surface area contributed by atoms with E-state index in [2.05, 4.69) is 0 Å². The lowest BCUT2D eigenvalue weighted by Crippen LogP contribution is -2.65. The Kier molecular flexibility index (Phi) is 3.69. The van der Waals surface area contributed by atoms with E-state index >= 15 is 0 Å². The van der Waals surface area contributed by atoms with Gasteiger partial charge in [0.2, 0.25) is 0 Å². The van der Waals surface area contributed by atoms with Crippen molar-refractivity contribution in [2.24, 2.45) is 5.41 Å². The van der Waals surface area contributed by atoms with E-state index in [1.54, 1.807) is 23.1 Å². The molecule has 6 heteroatoms. The van der Waals surface area contributed by atoms with Crippen molar-refractivity contribution in [2.45, 2.75) is 19.6 Å². The Morgan fingerprint density at radius 3 is 2.43 bits per heavy atom. The van der Waals surface area contributed by atoms with Crippen LogP contribution in [0, 0.1) is 5.41 Å². The second-order valence-corrected chi connectivity index (χ2v) is 7.11. The van der Waals surface area contributed by atoms with E-state index in [-0.39, 0.29) is 11.3 Å². The third-order valence-electron chi connectivity index (χ3n) is 3.95. The predicted octanol–water partition coefficient (Wildman–Crippen LogP) is 3.22. The third kappa shape index (κ3) is 2.90. The number of halogens is 2. The number of likely N-dealkylation sites (tertiary alicyclic amines) is 1. The van der Waals surface area contributed by atoms with Gasteiger partial charge in [0.1, 0.15) is 0 Å². The fraction of sp³-hybridized carbons (Fsp3) is 0.533. The second kappa shape index (κ2) is 5.13. The van der Waals surface area contributed by atoms with Gasteiger partial charge in [0.25, 0.3) is 5.91 Å². The largest absolute Gasteiger partial charge is 0.350 e. The summed E-state index contributed by atoms with van der Waals surface area (Å²) in [4.78, 5) is 14.2. The zero-order valence-corrected chi connectivity index (χ0v) is 13.5. The van der Waals surface area contributed by atoms with Crippen molar-refractivity contribution in [3.05, 3.63) is 33.8 Å². The number of ether oxygens (including phenoxy) is 2. The molecule has 4 nitrogen and oxygen atoms in total. The molecule has 2 fully saturated rings. The quantitative estimate of drug-likeness (QED) is 0.794. The fourth-order valence-electron chi connectivity index (χ4n) is 2.66. The van der Waals surface area contributed by atoms with Crippen molar-refractivity contribution in [1.82, 2.24) is 4.90 Å². The summed E-state index contributed by atoms with van der Waals surface area (Å²) < 4.78 is 11.4. The first-order valence-corrected chi connectivity index (χ1v) is 7.58. The highest BCUT2D eigenvalue weighted by atomic mass is 35.5. The molecule has 3 rings (SSSR count).